The normalized spacial score (nSPS) is 14.9. The fourth-order valence-corrected chi connectivity index (χ4v) is 12.6. The minimum Gasteiger partial charge on any atom is -0.485 e. The fourth-order valence-electron chi connectivity index (χ4n) is 10.1. The molecule has 7 aromatic rings. The summed E-state index contributed by atoms with van der Waals surface area (Å²) in [5.41, 5.74) is 15.3. The van der Waals surface area contributed by atoms with Crippen molar-refractivity contribution in [3.05, 3.63) is 154 Å². The Morgan fingerprint density at radius 1 is 0.672 bits per heavy atom. The molecule has 3 aliphatic rings. The summed E-state index contributed by atoms with van der Waals surface area (Å²) in [4.78, 5) is 18.0. The lowest BCUT2D eigenvalue weighted by Gasteiger charge is -2.30. The van der Waals surface area contributed by atoms with E-state index in [4.69, 9.17) is 9.47 Å². The topological polar surface area (TPSA) is 82.8 Å². The number of unbranched alkanes of at least 4 members (excludes halogenated alkanes) is 3. The van der Waals surface area contributed by atoms with E-state index in [-0.39, 0.29) is 16.4 Å². The summed E-state index contributed by atoms with van der Waals surface area (Å²) in [5, 5.41) is 19.2. The number of rotatable bonds is 12. The molecule has 0 saturated heterocycles. The molecule has 2 aromatic heterocycles. The van der Waals surface area contributed by atoms with Gasteiger partial charge in [0.15, 0.2) is 11.5 Å². The summed E-state index contributed by atoms with van der Waals surface area (Å²) in [6.45, 7) is 12.4. The number of aryl methyl sites for hydroxylation is 1. The lowest BCUT2D eigenvalue weighted by molar-refractivity contribution is -0.132. The van der Waals surface area contributed by atoms with Crippen molar-refractivity contribution in [1.29, 1.82) is 5.26 Å². The first-order valence-corrected chi connectivity index (χ1v) is 23.9. The summed E-state index contributed by atoms with van der Waals surface area (Å²) >= 11 is 3.16. The highest BCUT2D eigenvalue weighted by Crippen LogP contribution is 2.57. The fraction of sp³-hybridized carbons (Fsp3) is 0.250. The third kappa shape index (κ3) is 6.93. The van der Waals surface area contributed by atoms with Crippen LogP contribution in [0.5, 0.6) is 11.5 Å². The molecule has 0 saturated carbocycles. The van der Waals surface area contributed by atoms with Gasteiger partial charge in [-0.15, -0.1) is 22.7 Å². The van der Waals surface area contributed by atoms with Crippen LogP contribution in [0, 0.1) is 11.3 Å². The van der Waals surface area contributed by atoms with Gasteiger partial charge in [-0.25, -0.2) is 4.79 Å². The Morgan fingerprint density at radius 3 is 1.78 bits per heavy atom. The monoisotopic (exact) mass is 878 g/mol. The summed E-state index contributed by atoms with van der Waals surface area (Å²) in [7, 11) is 0. The Labute approximate surface area is 383 Å². The maximum Gasteiger partial charge on any atom is 0.346 e. The largest absolute Gasteiger partial charge is 0.485 e. The molecular formula is C56H50N2O4S2. The van der Waals surface area contributed by atoms with Crippen LogP contribution in [0.1, 0.15) is 93.0 Å². The average molecular weight is 879 g/mol. The van der Waals surface area contributed by atoms with E-state index in [2.05, 4.69) is 149 Å². The lowest BCUT2D eigenvalue weighted by atomic mass is 9.82. The summed E-state index contributed by atoms with van der Waals surface area (Å²) in [5.74, 6) is 0.237. The van der Waals surface area contributed by atoms with Crippen molar-refractivity contribution in [2.45, 2.75) is 77.6 Å². The summed E-state index contributed by atoms with van der Waals surface area (Å²) in [6, 6.07) is 44.2. The minimum absolute atomic E-state index is 0.152. The molecule has 5 aromatic carbocycles. The maximum absolute atomic E-state index is 11.8. The van der Waals surface area contributed by atoms with Crippen LogP contribution in [0.15, 0.2) is 121 Å². The Bertz CT molecular complexity index is 2940. The predicted molar refractivity (Wildman–Crippen MR) is 263 cm³/mol. The molecule has 0 bridgehead atoms. The molecule has 0 unspecified atom stereocenters. The van der Waals surface area contributed by atoms with Crippen molar-refractivity contribution in [2.75, 3.05) is 18.1 Å². The Kier molecular flexibility index (Phi) is 10.6. The predicted octanol–water partition coefficient (Wildman–Crippen LogP) is 15.1. The van der Waals surface area contributed by atoms with E-state index in [0.717, 1.165) is 91.3 Å². The Hall–Kier alpha value is -6.40. The molecule has 0 radical (unpaired) electrons. The van der Waals surface area contributed by atoms with Crippen LogP contribution >= 0.6 is 22.7 Å². The maximum atomic E-state index is 11.8. The second-order valence-corrected chi connectivity index (χ2v) is 20.2. The number of nitrogens with zero attached hydrogens (tertiary/aromatic N) is 2. The summed E-state index contributed by atoms with van der Waals surface area (Å²) < 4.78 is 12.8. The van der Waals surface area contributed by atoms with Crippen molar-refractivity contribution in [3.8, 4) is 60.0 Å². The zero-order valence-electron chi connectivity index (χ0n) is 36.9. The van der Waals surface area contributed by atoms with Crippen molar-refractivity contribution in [3.63, 3.8) is 0 Å². The molecule has 3 heterocycles. The molecule has 0 spiro atoms. The smallest absolute Gasteiger partial charge is 0.346 e. The van der Waals surface area contributed by atoms with Gasteiger partial charge in [-0.3, -0.25) is 0 Å². The molecule has 0 atom stereocenters. The van der Waals surface area contributed by atoms with Gasteiger partial charge in [0.2, 0.25) is 0 Å². The highest BCUT2D eigenvalue weighted by Gasteiger charge is 2.38. The number of ether oxygens (including phenoxy) is 2. The lowest BCUT2D eigenvalue weighted by Crippen LogP contribution is -2.18. The van der Waals surface area contributed by atoms with E-state index in [9.17, 15) is 15.2 Å². The van der Waals surface area contributed by atoms with Crippen molar-refractivity contribution >= 4 is 51.8 Å². The number of hydrogen-bond acceptors (Lipinski definition) is 7. The molecule has 320 valence electrons. The van der Waals surface area contributed by atoms with Crippen LogP contribution in [-0.2, 0) is 22.0 Å². The average Bonchev–Trinajstić information content (AvgIpc) is 4.02. The number of carboxylic acids is 1. The van der Waals surface area contributed by atoms with Crippen LogP contribution < -0.4 is 14.4 Å². The van der Waals surface area contributed by atoms with E-state index in [1.807, 2.05) is 12.1 Å². The first-order chi connectivity index (χ1) is 31.0. The second kappa shape index (κ2) is 16.3. The number of fused-ring (bicyclic) bond motifs is 7. The van der Waals surface area contributed by atoms with Gasteiger partial charge in [0, 0.05) is 32.8 Å². The van der Waals surface area contributed by atoms with E-state index in [1.165, 1.54) is 61.9 Å². The third-order valence-corrected chi connectivity index (χ3v) is 15.9. The second-order valence-electron chi connectivity index (χ2n) is 18.1. The molecule has 2 aliphatic carbocycles. The third-order valence-electron chi connectivity index (χ3n) is 13.4. The first-order valence-electron chi connectivity index (χ1n) is 22.3. The van der Waals surface area contributed by atoms with Gasteiger partial charge < -0.3 is 19.5 Å². The first kappa shape index (κ1) is 41.6. The van der Waals surface area contributed by atoms with Crippen molar-refractivity contribution < 1.29 is 19.4 Å². The van der Waals surface area contributed by atoms with Gasteiger partial charge in [0.25, 0.3) is 0 Å². The van der Waals surface area contributed by atoms with E-state index >= 15 is 0 Å². The molecule has 64 heavy (non-hydrogen) atoms. The zero-order valence-corrected chi connectivity index (χ0v) is 38.5. The number of aliphatic carboxylic acids is 1. The van der Waals surface area contributed by atoms with Gasteiger partial charge in [-0.2, -0.15) is 5.26 Å². The molecule has 1 aliphatic heterocycles. The molecule has 1 N–H and O–H groups in total. The van der Waals surface area contributed by atoms with Crippen LogP contribution in [0.2, 0.25) is 0 Å². The molecule has 10 rings (SSSR count). The van der Waals surface area contributed by atoms with Crippen LogP contribution in [0.25, 0.3) is 48.5 Å². The van der Waals surface area contributed by atoms with Crippen molar-refractivity contribution in [2.24, 2.45) is 0 Å². The molecule has 8 heteroatoms. The molecular weight excluding hydrogens is 829 g/mol. The number of benzene rings is 5. The van der Waals surface area contributed by atoms with E-state index < -0.39 is 5.97 Å². The van der Waals surface area contributed by atoms with Crippen LogP contribution in [0.4, 0.5) is 17.1 Å². The summed E-state index contributed by atoms with van der Waals surface area (Å²) in [6.07, 6.45) is 6.75. The van der Waals surface area contributed by atoms with Gasteiger partial charge in [0.05, 0.1) is 14.6 Å². The van der Waals surface area contributed by atoms with Gasteiger partial charge >= 0.3 is 5.97 Å². The molecule has 6 nitrogen and oxygen atoms in total. The number of hydrogen-bond donors (Lipinski definition) is 1. The number of anilines is 3. The van der Waals surface area contributed by atoms with Gasteiger partial charge in [-0.1, -0.05) is 127 Å². The Morgan fingerprint density at radius 2 is 1.22 bits per heavy atom. The van der Waals surface area contributed by atoms with Gasteiger partial charge in [-0.05, 0) is 117 Å². The standard InChI is InChI=1S/C56H50N2O4S2/c1-6-7-8-9-14-35-29-40(30-36(33-57)54(59)60)63-52(35)53-50-49(61-27-28-62-50)51(64-53)34-19-21-37(22-20-34)58(38-23-25-43-41-15-10-12-17-45(41)55(2,3)47(43)31-38)39-24-26-44-42-16-11-13-18-46(42)56(4,5)48(44)32-39/h10-13,15-26,29-32H,6-9,14,27-28H2,1-5H3,(H,59,60). The number of carboxylic acid groups (broad SMARTS) is 1. The zero-order chi connectivity index (χ0) is 44.3. The van der Waals surface area contributed by atoms with Crippen molar-refractivity contribution in [1.82, 2.24) is 0 Å². The van der Waals surface area contributed by atoms with Crippen LogP contribution in [0.3, 0.4) is 0 Å². The quantitative estimate of drug-likeness (QED) is 0.0748. The van der Waals surface area contributed by atoms with Gasteiger partial charge in [0.1, 0.15) is 24.9 Å². The number of thiophene rings is 2. The molecule has 0 amide bonds. The highest BCUT2D eigenvalue weighted by molar-refractivity contribution is 7.25. The minimum atomic E-state index is -1.23. The van der Waals surface area contributed by atoms with E-state index in [1.54, 1.807) is 11.3 Å². The number of carbonyl (C=O) groups is 1. The number of nitriles is 1. The van der Waals surface area contributed by atoms with E-state index in [0.29, 0.717) is 13.2 Å². The Balaban J connectivity index is 1.07. The van der Waals surface area contributed by atoms with Crippen LogP contribution in [-0.4, -0.2) is 24.3 Å². The molecule has 0 fully saturated rings. The SMILES string of the molecule is CCCCCCc1cc(C=C(C#N)C(=O)O)sc1-c1sc(-c2ccc(N(c3ccc4c(c3)C(C)(C)c3ccccc3-4)c3ccc4c(c3)C(C)(C)c3ccccc3-4)cc2)c2c1OCCO2. The highest BCUT2D eigenvalue weighted by atomic mass is 32.1.